The molecule has 0 bridgehead atoms. The number of carbonyl (C=O) groups excluding carboxylic acids is 4. The van der Waals surface area contributed by atoms with Gasteiger partial charge < -0.3 is 34.1 Å². The first-order valence-corrected chi connectivity index (χ1v) is 13.3. The van der Waals surface area contributed by atoms with Crippen molar-refractivity contribution in [2.24, 2.45) is 19.1 Å². The van der Waals surface area contributed by atoms with Gasteiger partial charge in [-0.1, -0.05) is 12.2 Å². The average Bonchev–Trinajstić information content (AvgIpc) is 3.61. The highest BCUT2D eigenvalue weighted by Gasteiger charge is 2.34. The Morgan fingerprint density at radius 1 is 1.14 bits per heavy atom. The molecule has 1 atom stereocenters. The molecule has 5 rings (SSSR count). The van der Waals surface area contributed by atoms with Crippen LogP contribution in [0.3, 0.4) is 0 Å². The van der Waals surface area contributed by atoms with Gasteiger partial charge in [0.2, 0.25) is 11.7 Å². The van der Waals surface area contributed by atoms with Gasteiger partial charge in [-0.25, -0.2) is 4.98 Å². The van der Waals surface area contributed by atoms with Crippen LogP contribution in [0.25, 0.3) is 0 Å². The smallest absolute Gasteiger partial charge is 0.291 e. The number of amides is 3. The zero-order chi connectivity index (χ0) is 30.0. The second-order valence-electron chi connectivity index (χ2n) is 10.2. The predicted octanol–water partition coefficient (Wildman–Crippen LogP) is 3.12. The Labute approximate surface area is 241 Å². The van der Waals surface area contributed by atoms with Gasteiger partial charge in [0.15, 0.2) is 23.6 Å². The number of hydrogen-bond acceptors (Lipinski definition) is 8. The van der Waals surface area contributed by atoms with Crippen molar-refractivity contribution in [1.82, 2.24) is 19.0 Å². The molecule has 42 heavy (non-hydrogen) atoms. The standard InChI is InChI=1S/C29H31N7O6/c1-17-8-19-12-30-22-11-24(23(41-4)10-21(22)29(40)36(19)13-17)42-7-5-6-26(38)32-25-15-35(3)27(33-25)28(39)31-18-9-20(16-37)34(2)14-18/h9-12,14-16,19H,1,5-8,13H2,2-4H3,(H,31,39)(H,32,38). The SMILES string of the molecule is C=C1CC2C=Nc3cc(OCCCC(=O)Nc4cn(C)c(C(=O)Nc5cc(C=O)n(C)c5)n4)c(OC)cc3C(=O)N2C1. The summed E-state index contributed by atoms with van der Waals surface area (Å²) in [6.45, 7) is 4.71. The molecule has 4 heterocycles. The van der Waals surface area contributed by atoms with Crippen molar-refractivity contribution in [2.45, 2.75) is 25.3 Å². The van der Waals surface area contributed by atoms with Gasteiger partial charge in [0.25, 0.3) is 11.8 Å². The minimum Gasteiger partial charge on any atom is -0.493 e. The van der Waals surface area contributed by atoms with E-state index < -0.39 is 5.91 Å². The number of aromatic nitrogens is 3. The van der Waals surface area contributed by atoms with E-state index >= 15 is 0 Å². The van der Waals surface area contributed by atoms with Crippen LogP contribution in [0.4, 0.5) is 17.2 Å². The first-order chi connectivity index (χ1) is 20.2. The van der Waals surface area contributed by atoms with E-state index in [1.54, 1.807) is 54.2 Å². The van der Waals surface area contributed by atoms with Gasteiger partial charge in [-0.3, -0.25) is 24.2 Å². The second-order valence-corrected chi connectivity index (χ2v) is 10.2. The summed E-state index contributed by atoms with van der Waals surface area (Å²) in [6, 6.07) is 4.74. The molecular weight excluding hydrogens is 542 g/mol. The molecule has 13 nitrogen and oxygen atoms in total. The number of hydrogen-bond donors (Lipinski definition) is 2. The molecule has 0 saturated carbocycles. The minimum absolute atomic E-state index is 0.0898. The maximum absolute atomic E-state index is 13.1. The third kappa shape index (κ3) is 5.80. The van der Waals surface area contributed by atoms with Crippen LogP contribution in [0.15, 0.2) is 47.7 Å². The van der Waals surface area contributed by atoms with Crippen molar-refractivity contribution in [1.29, 1.82) is 0 Å². The van der Waals surface area contributed by atoms with Crippen LogP contribution in [0.5, 0.6) is 11.5 Å². The van der Waals surface area contributed by atoms with Crippen LogP contribution < -0.4 is 20.1 Å². The number of ether oxygens (including phenoxy) is 2. The molecule has 1 aromatic carbocycles. The minimum atomic E-state index is -0.485. The molecule has 2 aliphatic heterocycles. The molecule has 3 aromatic rings. The number of benzene rings is 1. The van der Waals surface area contributed by atoms with Crippen LogP contribution in [-0.4, -0.2) is 75.5 Å². The number of imidazole rings is 1. The van der Waals surface area contributed by atoms with Crippen LogP contribution in [0, 0.1) is 0 Å². The number of nitrogens with one attached hydrogen (secondary N) is 2. The lowest BCUT2D eigenvalue weighted by atomic mass is 10.1. The fourth-order valence-corrected chi connectivity index (χ4v) is 4.92. The van der Waals surface area contributed by atoms with Crippen molar-refractivity contribution in [3.8, 4) is 11.5 Å². The summed E-state index contributed by atoms with van der Waals surface area (Å²) in [6.07, 6.45) is 6.82. The van der Waals surface area contributed by atoms with Crippen LogP contribution in [0.2, 0.25) is 0 Å². The van der Waals surface area contributed by atoms with Crippen molar-refractivity contribution in [3.63, 3.8) is 0 Å². The third-order valence-electron chi connectivity index (χ3n) is 7.03. The van der Waals surface area contributed by atoms with Gasteiger partial charge in [0.05, 0.1) is 42.4 Å². The Bertz CT molecular complexity index is 1620. The van der Waals surface area contributed by atoms with Crippen LogP contribution >= 0.6 is 0 Å². The molecule has 0 spiro atoms. The summed E-state index contributed by atoms with van der Waals surface area (Å²) in [5.41, 5.74) is 2.80. The number of aldehydes is 1. The van der Waals surface area contributed by atoms with Crippen LogP contribution in [-0.2, 0) is 18.9 Å². The summed E-state index contributed by atoms with van der Waals surface area (Å²) in [4.78, 5) is 59.9. The predicted molar refractivity (Wildman–Crippen MR) is 155 cm³/mol. The molecule has 13 heteroatoms. The first kappa shape index (κ1) is 28.3. The summed E-state index contributed by atoms with van der Waals surface area (Å²) in [5.74, 6) is 0.230. The van der Waals surface area contributed by atoms with Crippen molar-refractivity contribution < 1.29 is 28.7 Å². The number of rotatable bonds is 10. The van der Waals surface area contributed by atoms with Crippen molar-refractivity contribution >= 4 is 47.4 Å². The fraction of sp³-hybridized carbons (Fsp3) is 0.310. The monoisotopic (exact) mass is 573 g/mol. The molecular formula is C29H31N7O6. The van der Waals surface area contributed by atoms with Gasteiger partial charge in [-0.15, -0.1) is 0 Å². The zero-order valence-electron chi connectivity index (χ0n) is 23.5. The zero-order valence-corrected chi connectivity index (χ0v) is 23.5. The summed E-state index contributed by atoms with van der Waals surface area (Å²) in [7, 11) is 4.83. The Morgan fingerprint density at radius 3 is 2.69 bits per heavy atom. The lowest BCUT2D eigenvalue weighted by Gasteiger charge is -2.20. The van der Waals surface area contributed by atoms with Gasteiger partial charge in [-0.05, 0) is 25.0 Å². The first-order valence-electron chi connectivity index (χ1n) is 13.3. The molecule has 3 amide bonds. The van der Waals surface area contributed by atoms with Crippen molar-refractivity contribution in [2.75, 3.05) is 30.9 Å². The third-order valence-corrected chi connectivity index (χ3v) is 7.03. The van der Waals surface area contributed by atoms with Gasteiger partial charge in [0, 0.05) is 51.7 Å². The molecule has 2 aliphatic rings. The lowest BCUT2D eigenvalue weighted by molar-refractivity contribution is -0.116. The highest BCUT2D eigenvalue weighted by molar-refractivity contribution is 6.04. The second kappa shape index (κ2) is 11.7. The maximum Gasteiger partial charge on any atom is 0.291 e. The van der Waals surface area contributed by atoms with Gasteiger partial charge >= 0.3 is 0 Å². The Morgan fingerprint density at radius 2 is 1.95 bits per heavy atom. The highest BCUT2D eigenvalue weighted by Crippen LogP contribution is 2.38. The van der Waals surface area contributed by atoms with E-state index in [1.807, 2.05) is 0 Å². The molecule has 1 unspecified atom stereocenters. The van der Waals surface area contributed by atoms with E-state index in [4.69, 9.17) is 9.47 Å². The van der Waals surface area contributed by atoms with Crippen LogP contribution in [0.1, 0.15) is 50.7 Å². The quantitative estimate of drug-likeness (QED) is 0.215. The molecule has 1 fully saturated rings. The molecule has 0 radical (unpaired) electrons. The topological polar surface area (TPSA) is 149 Å². The number of aryl methyl sites for hydroxylation is 2. The fourth-order valence-electron chi connectivity index (χ4n) is 4.92. The van der Waals surface area contributed by atoms with Crippen molar-refractivity contribution in [3.05, 3.63) is 59.8 Å². The van der Waals surface area contributed by atoms with E-state index in [2.05, 4.69) is 27.2 Å². The average molecular weight is 574 g/mol. The molecule has 218 valence electrons. The largest absolute Gasteiger partial charge is 0.493 e. The number of fused-ring (bicyclic) bond motifs is 2. The van der Waals surface area contributed by atoms with E-state index in [-0.39, 0.29) is 42.5 Å². The lowest BCUT2D eigenvalue weighted by Crippen LogP contribution is -2.35. The van der Waals surface area contributed by atoms with E-state index in [1.165, 1.54) is 17.9 Å². The molecule has 1 saturated heterocycles. The number of anilines is 2. The van der Waals surface area contributed by atoms with E-state index in [9.17, 15) is 19.2 Å². The van der Waals surface area contributed by atoms with Gasteiger partial charge in [0.1, 0.15) is 0 Å². The maximum atomic E-state index is 13.1. The van der Waals surface area contributed by atoms with E-state index in [0.717, 1.165) is 5.57 Å². The number of carbonyl (C=O) groups is 4. The summed E-state index contributed by atoms with van der Waals surface area (Å²) in [5, 5.41) is 5.38. The Balaban J connectivity index is 1.15. The summed E-state index contributed by atoms with van der Waals surface area (Å²) >= 11 is 0. The summed E-state index contributed by atoms with van der Waals surface area (Å²) < 4.78 is 14.5. The Kier molecular flexibility index (Phi) is 7.91. The number of nitrogens with zero attached hydrogens (tertiary/aromatic N) is 5. The normalized spacial score (nSPS) is 15.6. The van der Waals surface area contributed by atoms with Gasteiger partial charge in [-0.2, -0.15) is 0 Å². The molecule has 2 aromatic heterocycles. The molecule has 0 aliphatic carbocycles. The number of methoxy groups -OCH3 is 1. The molecule has 2 N–H and O–H groups in total. The number of aliphatic imine (C=N–C) groups is 1. The highest BCUT2D eigenvalue weighted by atomic mass is 16.5. The van der Waals surface area contributed by atoms with E-state index in [0.29, 0.717) is 59.8 Å². The Hall–Kier alpha value is -5.20.